The molecule has 0 aromatic rings. The van der Waals surface area contributed by atoms with Gasteiger partial charge in [-0.1, -0.05) is 12.8 Å². The summed E-state index contributed by atoms with van der Waals surface area (Å²) >= 11 is 0. The average molecular weight is 185 g/mol. The zero-order valence-electron chi connectivity index (χ0n) is 8.92. The lowest BCUT2D eigenvalue weighted by Crippen LogP contribution is -2.48. The van der Waals surface area contributed by atoms with Crippen LogP contribution in [0, 0.1) is 0 Å². The van der Waals surface area contributed by atoms with Crippen molar-refractivity contribution in [2.45, 2.75) is 37.8 Å². The van der Waals surface area contributed by atoms with Gasteiger partial charge in [-0.05, 0) is 26.9 Å². The number of nitrogens with zero attached hydrogens (tertiary/aromatic N) is 1. The molecule has 3 nitrogen and oxygen atoms in total. The first kappa shape index (κ1) is 11.0. The summed E-state index contributed by atoms with van der Waals surface area (Å²) in [6.07, 6.45) is 5.11. The van der Waals surface area contributed by atoms with Gasteiger partial charge >= 0.3 is 0 Å². The first-order chi connectivity index (χ1) is 6.20. The maximum absolute atomic E-state index is 6.02. The topological polar surface area (TPSA) is 41.3 Å². The molecule has 0 bridgehead atoms. The van der Waals surface area contributed by atoms with Crippen molar-refractivity contribution in [3.8, 4) is 0 Å². The monoisotopic (exact) mass is 185 g/mol. The van der Waals surface area contributed by atoms with E-state index in [1.54, 1.807) is 0 Å². The average Bonchev–Trinajstić information content (AvgIpc) is 2.08. The number of likely N-dealkylation sites (N-methyl/N-ethyl adjacent to an activating group) is 1. The third-order valence-corrected chi connectivity index (χ3v) is 2.78. The maximum atomic E-state index is 6.02. The van der Waals surface area contributed by atoms with Crippen LogP contribution in [0.2, 0.25) is 0 Å². The molecule has 0 heterocycles. The zero-order chi connectivity index (χ0) is 9.68. The van der Waals surface area contributed by atoms with E-state index in [2.05, 4.69) is 24.3 Å². The van der Waals surface area contributed by atoms with Crippen molar-refractivity contribution in [2.75, 3.05) is 27.2 Å². The van der Waals surface area contributed by atoms with Crippen molar-refractivity contribution in [2.24, 2.45) is 5.73 Å². The minimum atomic E-state index is 0.385. The highest BCUT2D eigenvalue weighted by atomic mass is 15.1. The summed E-state index contributed by atoms with van der Waals surface area (Å²) in [5, 5.41) is 3.54. The van der Waals surface area contributed by atoms with Gasteiger partial charge in [0.25, 0.3) is 0 Å². The predicted molar refractivity (Wildman–Crippen MR) is 56.8 cm³/mol. The molecule has 78 valence electrons. The fraction of sp³-hybridized carbons (Fsp3) is 1.00. The van der Waals surface area contributed by atoms with Crippen LogP contribution in [0.1, 0.15) is 25.7 Å². The van der Waals surface area contributed by atoms with Crippen LogP contribution in [0.3, 0.4) is 0 Å². The van der Waals surface area contributed by atoms with Crippen molar-refractivity contribution >= 4 is 0 Å². The summed E-state index contributed by atoms with van der Waals surface area (Å²) in [6, 6.07) is 0.949. The molecule has 0 spiro atoms. The highest BCUT2D eigenvalue weighted by Gasteiger charge is 2.20. The molecule has 3 heteroatoms. The van der Waals surface area contributed by atoms with E-state index in [4.69, 9.17) is 5.73 Å². The quantitative estimate of drug-likeness (QED) is 0.666. The van der Waals surface area contributed by atoms with Crippen molar-refractivity contribution in [1.82, 2.24) is 10.2 Å². The van der Waals surface area contributed by atoms with Crippen molar-refractivity contribution < 1.29 is 0 Å². The molecule has 1 rings (SSSR count). The Labute approximate surface area is 81.7 Å². The summed E-state index contributed by atoms with van der Waals surface area (Å²) in [7, 11) is 4.20. The molecular formula is C10H23N3. The molecule has 0 saturated heterocycles. The van der Waals surface area contributed by atoms with E-state index in [9.17, 15) is 0 Å². The molecule has 2 atom stereocenters. The van der Waals surface area contributed by atoms with Crippen LogP contribution < -0.4 is 11.1 Å². The lowest BCUT2D eigenvalue weighted by atomic mass is 9.91. The Morgan fingerprint density at radius 2 is 2.00 bits per heavy atom. The molecule has 1 fully saturated rings. The molecule has 0 aliphatic heterocycles. The van der Waals surface area contributed by atoms with E-state index < -0.39 is 0 Å². The molecule has 3 N–H and O–H groups in total. The van der Waals surface area contributed by atoms with Crippen LogP contribution in [-0.4, -0.2) is 44.2 Å². The van der Waals surface area contributed by atoms with Gasteiger partial charge in [-0.3, -0.25) is 0 Å². The smallest absolute Gasteiger partial charge is 0.0219 e. The first-order valence-electron chi connectivity index (χ1n) is 5.34. The lowest BCUT2D eigenvalue weighted by molar-refractivity contribution is 0.309. The number of nitrogens with one attached hydrogen (secondary N) is 1. The molecule has 1 aliphatic rings. The second kappa shape index (κ2) is 5.58. The molecule has 0 aromatic carbocycles. The summed E-state index contributed by atoms with van der Waals surface area (Å²) in [5.41, 5.74) is 6.02. The number of hydrogen-bond acceptors (Lipinski definition) is 3. The number of hydrogen-bond donors (Lipinski definition) is 2. The van der Waals surface area contributed by atoms with Gasteiger partial charge in [0.05, 0.1) is 0 Å². The van der Waals surface area contributed by atoms with Gasteiger partial charge in [0, 0.05) is 25.2 Å². The number of nitrogens with two attached hydrogens (primary N) is 1. The third kappa shape index (κ3) is 4.07. The highest BCUT2D eigenvalue weighted by molar-refractivity contribution is 4.83. The number of rotatable bonds is 4. The fourth-order valence-electron chi connectivity index (χ4n) is 1.89. The maximum Gasteiger partial charge on any atom is 0.0219 e. The van der Waals surface area contributed by atoms with E-state index in [0.29, 0.717) is 12.1 Å². The molecule has 1 aliphatic carbocycles. The van der Waals surface area contributed by atoms with E-state index in [1.807, 2.05) is 0 Å². The molecule has 0 amide bonds. The molecule has 0 unspecified atom stereocenters. The van der Waals surface area contributed by atoms with E-state index in [0.717, 1.165) is 13.1 Å². The lowest BCUT2D eigenvalue weighted by Gasteiger charge is -2.29. The predicted octanol–water partition coefficient (Wildman–Crippen LogP) is 0.408. The van der Waals surface area contributed by atoms with Crippen LogP contribution in [0.15, 0.2) is 0 Å². The van der Waals surface area contributed by atoms with Gasteiger partial charge in [0.1, 0.15) is 0 Å². The molecule has 13 heavy (non-hydrogen) atoms. The highest BCUT2D eigenvalue weighted by Crippen LogP contribution is 2.16. The minimum Gasteiger partial charge on any atom is -0.326 e. The van der Waals surface area contributed by atoms with Crippen molar-refractivity contribution in [3.05, 3.63) is 0 Å². The van der Waals surface area contributed by atoms with E-state index >= 15 is 0 Å². The molecule has 0 radical (unpaired) electrons. The van der Waals surface area contributed by atoms with Crippen molar-refractivity contribution in [1.29, 1.82) is 0 Å². The van der Waals surface area contributed by atoms with E-state index in [1.165, 1.54) is 25.7 Å². The molecule has 0 aromatic heterocycles. The van der Waals surface area contributed by atoms with Gasteiger partial charge in [0.2, 0.25) is 0 Å². The van der Waals surface area contributed by atoms with Crippen LogP contribution in [0.5, 0.6) is 0 Å². The standard InChI is InChI=1S/C10H23N3/c1-13(2)8-7-12-10-6-4-3-5-9(10)11/h9-10,12H,3-8,11H2,1-2H3/t9-,10-/m1/s1. The van der Waals surface area contributed by atoms with Crippen LogP contribution in [0.25, 0.3) is 0 Å². The second-order valence-electron chi connectivity index (χ2n) is 4.31. The van der Waals surface area contributed by atoms with E-state index in [-0.39, 0.29) is 0 Å². The first-order valence-corrected chi connectivity index (χ1v) is 5.34. The van der Waals surface area contributed by atoms with Crippen LogP contribution in [-0.2, 0) is 0 Å². The van der Waals surface area contributed by atoms with Gasteiger partial charge in [-0.2, -0.15) is 0 Å². The largest absolute Gasteiger partial charge is 0.326 e. The fourth-order valence-corrected chi connectivity index (χ4v) is 1.89. The summed E-state index contributed by atoms with van der Waals surface area (Å²) in [5.74, 6) is 0. The SMILES string of the molecule is CN(C)CCN[C@@H]1CCCC[C@H]1N. The summed E-state index contributed by atoms with van der Waals surface area (Å²) in [6.45, 7) is 2.16. The Hall–Kier alpha value is -0.120. The second-order valence-corrected chi connectivity index (χ2v) is 4.31. The van der Waals surface area contributed by atoms with Gasteiger partial charge in [0.15, 0.2) is 0 Å². The molecule has 1 saturated carbocycles. The zero-order valence-corrected chi connectivity index (χ0v) is 8.92. The Morgan fingerprint density at radius 3 is 2.62 bits per heavy atom. The Balaban J connectivity index is 2.11. The van der Waals surface area contributed by atoms with Gasteiger partial charge in [-0.15, -0.1) is 0 Å². The van der Waals surface area contributed by atoms with Gasteiger partial charge in [-0.25, -0.2) is 0 Å². The van der Waals surface area contributed by atoms with Crippen molar-refractivity contribution in [3.63, 3.8) is 0 Å². The van der Waals surface area contributed by atoms with Crippen LogP contribution in [0.4, 0.5) is 0 Å². The normalized spacial score (nSPS) is 29.5. The molecular weight excluding hydrogens is 162 g/mol. The Kier molecular flexibility index (Phi) is 4.70. The Morgan fingerprint density at radius 1 is 1.31 bits per heavy atom. The van der Waals surface area contributed by atoms with Gasteiger partial charge < -0.3 is 16.0 Å². The minimum absolute atomic E-state index is 0.385. The summed E-state index contributed by atoms with van der Waals surface area (Å²) in [4.78, 5) is 2.20. The van der Waals surface area contributed by atoms with Crippen LogP contribution >= 0.6 is 0 Å². The third-order valence-electron chi connectivity index (χ3n) is 2.78. The Bertz CT molecular complexity index is 136. The summed E-state index contributed by atoms with van der Waals surface area (Å²) < 4.78 is 0.